The Bertz CT molecular complexity index is 578. The zero-order chi connectivity index (χ0) is 26.2. The minimum Gasteiger partial charge on any atom is -0.374 e. The monoisotopic (exact) mass is 456 g/mol. The van der Waals surface area contributed by atoms with E-state index < -0.39 is 0 Å². The van der Waals surface area contributed by atoms with Crippen LogP contribution in [-0.4, -0.2) is 46.6 Å². The van der Waals surface area contributed by atoms with Crippen molar-refractivity contribution in [3.63, 3.8) is 0 Å². The summed E-state index contributed by atoms with van der Waals surface area (Å²) in [7, 11) is 1.99. The molecule has 0 saturated carbocycles. The third kappa shape index (κ3) is 14.7. The number of nitrogens with zero attached hydrogens (tertiary/aromatic N) is 3. The molecule has 1 N–H and O–H groups in total. The van der Waals surface area contributed by atoms with Crippen LogP contribution in [-0.2, 0) is 21.5 Å². The lowest BCUT2D eigenvalue weighted by molar-refractivity contribution is -0.0980. The van der Waals surface area contributed by atoms with E-state index in [9.17, 15) is 0 Å². The first-order chi connectivity index (χ1) is 14.7. The molecule has 0 saturated heterocycles. The summed E-state index contributed by atoms with van der Waals surface area (Å²) in [5, 5.41) is 12.2. The maximum absolute atomic E-state index is 8.00. The van der Waals surface area contributed by atoms with Gasteiger partial charge in [0.05, 0.1) is 17.8 Å². The Labute approximate surface area is 200 Å². The van der Waals surface area contributed by atoms with Gasteiger partial charge < -0.3 is 14.8 Å². The lowest BCUT2D eigenvalue weighted by Gasteiger charge is -2.33. The van der Waals surface area contributed by atoms with Gasteiger partial charge in [0, 0.05) is 23.8 Å². The molecule has 0 aliphatic carbocycles. The molecule has 0 aliphatic heterocycles. The van der Waals surface area contributed by atoms with Crippen molar-refractivity contribution in [1.82, 2.24) is 20.3 Å². The summed E-state index contributed by atoms with van der Waals surface area (Å²) in [6, 6.07) is 0. The van der Waals surface area contributed by atoms with Gasteiger partial charge in [-0.1, -0.05) is 73.9 Å². The molecular weight excluding hydrogens is 400 g/mol. The summed E-state index contributed by atoms with van der Waals surface area (Å²) in [6.07, 6.45) is 5.31. The van der Waals surface area contributed by atoms with Crippen LogP contribution in [0, 0.1) is 5.41 Å². The van der Waals surface area contributed by atoms with Gasteiger partial charge in [0.15, 0.2) is 0 Å². The van der Waals surface area contributed by atoms with Crippen molar-refractivity contribution in [2.24, 2.45) is 5.41 Å². The summed E-state index contributed by atoms with van der Waals surface area (Å²) < 4.78 is 8.07. The van der Waals surface area contributed by atoms with Gasteiger partial charge >= 0.3 is 0 Å². The van der Waals surface area contributed by atoms with E-state index >= 15 is 0 Å². The Morgan fingerprint density at radius 3 is 1.94 bits per heavy atom. The highest BCUT2D eigenvalue weighted by Gasteiger charge is 2.32. The van der Waals surface area contributed by atoms with E-state index in [4.69, 9.17) is 9.53 Å². The summed E-state index contributed by atoms with van der Waals surface area (Å²) >= 11 is 0. The first-order valence-corrected chi connectivity index (χ1v) is 12.2. The molecule has 0 unspecified atom stereocenters. The van der Waals surface area contributed by atoms with E-state index in [1.54, 1.807) is 0 Å². The van der Waals surface area contributed by atoms with Crippen molar-refractivity contribution in [3.05, 3.63) is 11.9 Å². The van der Waals surface area contributed by atoms with Crippen LogP contribution in [0.5, 0.6) is 0 Å². The fourth-order valence-corrected chi connectivity index (χ4v) is 3.24. The number of hydrogen-bond acceptors (Lipinski definition) is 5. The standard InChI is InChI=1S/C21H42N4O.2C2H6.CH2O/c1-11-18(2,3)15-19(4,5)17-14-25(24-23-17)16-21(8,9)26-13-12-20(6,7)22-10;3*1-2/h14,22H,11-13,15-16H2,1-10H3;2*1-2H3;1H2. The number of rotatable bonds is 11. The highest BCUT2D eigenvalue weighted by atomic mass is 16.5. The molecule has 6 nitrogen and oxygen atoms in total. The van der Waals surface area contributed by atoms with Crippen molar-refractivity contribution in [3.8, 4) is 0 Å². The molecule has 1 aromatic heterocycles. The van der Waals surface area contributed by atoms with E-state index in [-0.39, 0.29) is 16.6 Å². The SMILES string of the molecule is C=O.CC.CC.CCC(C)(C)CC(C)(C)c1cn(CC(C)(C)OCCC(C)(C)NC)nn1. The van der Waals surface area contributed by atoms with Gasteiger partial charge in [0.2, 0.25) is 0 Å². The Kier molecular flexibility index (Phi) is 18.1. The fourth-order valence-electron chi connectivity index (χ4n) is 3.24. The number of nitrogens with one attached hydrogen (secondary N) is 1. The van der Waals surface area contributed by atoms with Crippen LogP contribution in [0.4, 0.5) is 0 Å². The molecule has 0 atom stereocenters. The predicted octanol–water partition coefficient (Wildman–Crippen LogP) is 6.43. The predicted molar refractivity (Wildman–Crippen MR) is 139 cm³/mol. The third-order valence-corrected chi connectivity index (χ3v) is 5.55. The second kappa shape index (κ2) is 16.4. The number of carbonyl (C=O) groups excluding carboxylic acids is 1. The van der Waals surface area contributed by atoms with Gasteiger partial charge in [-0.05, 0) is 53.0 Å². The average molecular weight is 457 g/mol. The smallest absolute Gasteiger partial charge is 0.106 e. The van der Waals surface area contributed by atoms with Crippen molar-refractivity contribution < 1.29 is 9.53 Å². The zero-order valence-electron chi connectivity index (χ0n) is 24.0. The molecule has 0 amide bonds. The second-order valence-corrected chi connectivity index (χ2v) is 10.4. The van der Waals surface area contributed by atoms with Crippen molar-refractivity contribution in [2.75, 3.05) is 13.7 Å². The Hall–Kier alpha value is -1.27. The van der Waals surface area contributed by atoms with Gasteiger partial charge in [-0.15, -0.1) is 5.10 Å². The average Bonchev–Trinajstić information content (AvgIpc) is 3.20. The Morgan fingerprint density at radius 1 is 1.00 bits per heavy atom. The fraction of sp³-hybridized carbons (Fsp3) is 0.885. The maximum atomic E-state index is 8.00. The molecule has 0 aromatic carbocycles. The zero-order valence-corrected chi connectivity index (χ0v) is 24.0. The largest absolute Gasteiger partial charge is 0.374 e. The molecule has 0 bridgehead atoms. The lowest BCUT2D eigenvalue weighted by atomic mass is 9.72. The topological polar surface area (TPSA) is 69.0 Å². The van der Waals surface area contributed by atoms with Gasteiger partial charge in [-0.3, -0.25) is 0 Å². The second-order valence-electron chi connectivity index (χ2n) is 10.4. The van der Waals surface area contributed by atoms with Gasteiger partial charge in [-0.25, -0.2) is 4.68 Å². The van der Waals surface area contributed by atoms with Crippen molar-refractivity contribution >= 4 is 6.79 Å². The number of hydrogen-bond donors (Lipinski definition) is 1. The van der Waals surface area contributed by atoms with E-state index in [0.717, 1.165) is 31.6 Å². The highest BCUT2D eigenvalue weighted by Crippen LogP contribution is 2.37. The van der Waals surface area contributed by atoms with E-state index in [1.165, 1.54) is 0 Å². The minimum absolute atomic E-state index is 0.0135. The van der Waals surface area contributed by atoms with E-state index in [1.807, 2.05) is 46.2 Å². The van der Waals surface area contributed by atoms with Crippen molar-refractivity contribution in [2.45, 2.75) is 132 Å². The first-order valence-electron chi connectivity index (χ1n) is 12.2. The number of ether oxygens (including phenoxy) is 1. The van der Waals surface area contributed by atoms with Crippen LogP contribution in [0.2, 0.25) is 0 Å². The normalized spacial score (nSPS) is 11.9. The molecule has 1 aromatic rings. The number of aromatic nitrogens is 3. The molecule has 32 heavy (non-hydrogen) atoms. The molecule has 0 radical (unpaired) electrons. The maximum Gasteiger partial charge on any atom is 0.106 e. The molecule has 1 rings (SSSR count). The molecule has 192 valence electrons. The summed E-state index contributed by atoms with van der Waals surface area (Å²) in [5.41, 5.74) is 1.19. The van der Waals surface area contributed by atoms with Crippen LogP contribution in [0.15, 0.2) is 6.20 Å². The molecule has 0 spiro atoms. The van der Waals surface area contributed by atoms with Gasteiger partial charge in [-0.2, -0.15) is 0 Å². The number of carbonyl (C=O) groups is 1. The Balaban J connectivity index is -0.00000129. The Morgan fingerprint density at radius 2 is 1.50 bits per heavy atom. The highest BCUT2D eigenvalue weighted by molar-refractivity contribution is 5.11. The van der Waals surface area contributed by atoms with E-state index in [2.05, 4.69) is 84.1 Å². The minimum atomic E-state index is -0.276. The molecular formula is C26H56N4O2. The van der Waals surface area contributed by atoms with Gasteiger partial charge in [0.25, 0.3) is 0 Å². The van der Waals surface area contributed by atoms with Gasteiger partial charge in [0.1, 0.15) is 6.79 Å². The van der Waals surface area contributed by atoms with Crippen LogP contribution in [0.3, 0.4) is 0 Å². The molecule has 1 heterocycles. The quantitative estimate of drug-likeness (QED) is 0.415. The van der Waals surface area contributed by atoms with Crippen LogP contribution < -0.4 is 5.32 Å². The van der Waals surface area contributed by atoms with Crippen LogP contribution in [0.1, 0.15) is 115 Å². The first kappa shape index (κ1) is 35.3. The third-order valence-electron chi connectivity index (χ3n) is 5.55. The van der Waals surface area contributed by atoms with Crippen molar-refractivity contribution in [1.29, 1.82) is 0 Å². The van der Waals surface area contributed by atoms with E-state index in [0.29, 0.717) is 12.0 Å². The molecule has 6 heteroatoms. The molecule has 0 aliphatic rings. The molecule has 0 fully saturated rings. The summed E-state index contributed by atoms with van der Waals surface area (Å²) in [6.45, 7) is 31.5. The summed E-state index contributed by atoms with van der Waals surface area (Å²) in [5.74, 6) is 0. The summed E-state index contributed by atoms with van der Waals surface area (Å²) in [4.78, 5) is 8.00. The van der Waals surface area contributed by atoms with Crippen LogP contribution >= 0.6 is 0 Å². The lowest BCUT2D eigenvalue weighted by Crippen LogP contribution is -2.39. The van der Waals surface area contributed by atoms with Crippen LogP contribution in [0.25, 0.3) is 0 Å².